The van der Waals surface area contributed by atoms with E-state index in [9.17, 15) is 4.79 Å². The molecule has 3 saturated heterocycles. The van der Waals surface area contributed by atoms with E-state index in [1.165, 1.54) is 0 Å². The van der Waals surface area contributed by atoms with Gasteiger partial charge in [0.15, 0.2) is 0 Å². The molecule has 0 aliphatic carbocycles. The highest BCUT2D eigenvalue weighted by atomic mass is 33.1. The van der Waals surface area contributed by atoms with Crippen molar-refractivity contribution in [2.24, 2.45) is 0 Å². The molecule has 3 rings (SSSR count). The second-order valence-electron chi connectivity index (χ2n) is 6.06. The second-order valence-corrected chi connectivity index (χ2v) is 9.50. The number of rotatable bonds is 0. The summed E-state index contributed by atoms with van der Waals surface area (Å²) < 4.78 is 0.144. The van der Waals surface area contributed by atoms with Crippen molar-refractivity contribution < 1.29 is 4.79 Å². The lowest BCUT2D eigenvalue weighted by molar-refractivity contribution is -0.120. The van der Waals surface area contributed by atoms with Crippen LogP contribution in [-0.2, 0) is 4.79 Å². The molecule has 3 aliphatic heterocycles. The lowest BCUT2D eigenvalue weighted by Gasteiger charge is -2.37. The van der Waals surface area contributed by atoms with Crippen molar-refractivity contribution in [1.29, 1.82) is 0 Å². The summed E-state index contributed by atoms with van der Waals surface area (Å²) >= 11 is 0. The third-order valence-corrected chi connectivity index (χ3v) is 8.05. The highest BCUT2D eigenvalue weighted by Crippen LogP contribution is 2.53. The monoisotopic (exact) mass is 273 g/mol. The molecule has 4 nitrogen and oxygen atoms in total. The van der Waals surface area contributed by atoms with E-state index < -0.39 is 0 Å². The first-order valence-corrected chi connectivity index (χ1v) is 8.16. The highest BCUT2D eigenvalue weighted by molar-refractivity contribution is 8.77. The molecular weight excluding hydrogens is 254 g/mol. The van der Waals surface area contributed by atoms with Crippen molar-refractivity contribution in [3.8, 4) is 0 Å². The van der Waals surface area contributed by atoms with Crippen LogP contribution in [0, 0.1) is 0 Å². The maximum atomic E-state index is 12.0. The third kappa shape index (κ3) is 1.64. The molecule has 96 valence electrons. The molecule has 0 bridgehead atoms. The van der Waals surface area contributed by atoms with Gasteiger partial charge in [-0.3, -0.25) is 15.0 Å². The predicted molar refractivity (Wildman–Crippen MR) is 72.7 cm³/mol. The van der Waals surface area contributed by atoms with E-state index >= 15 is 0 Å². The molecule has 3 fully saturated rings. The van der Waals surface area contributed by atoms with E-state index in [0.29, 0.717) is 0 Å². The lowest BCUT2D eigenvalue weighted by Crippen LogP contribution is -2.57. The van der Waals surface area contributed by atoms with Crippen LogP contribution in [0.1, 0.15) is 27.7 Å². The molecule has 0 aromatic rings. The van der Waals surface area contributed by atoms with Gasteiger partial charge >= 0.3 is 0 Å². The SMILES string of the molecule is CC1(C)SSC(C)(C)C2NC(=O)C3CNC1N32. The Hall–Kier alpha value is 0.0900. The van der Waals surface area contributed by atoms with Crippen LogP contribution in [0.15, 0.2) is 0 Å². The summed E-state index contributed by atoms with van der Waals surface area (Å²) in [6, 6.07) is 0.0165. The minimum absolute atomic E-state index is 0.0165. The van der Waals surface area contributed by atoms with Crippen molar-refractivity contribution >= 4 is 27.5 Å². The topological polar surface area (TPSA) is 44.4 Å². The summed E-state index contributed by atoms with van der Waals surface area (Å²) in [6.07, 6.45) is 0.412. The molecule has 2 N–H and O–H groups in total. The van der Waals surface area contributed by atoms with E-state index in [0.717, 1.165) is 6.54 Å². The van der Waals surface area contributed by atoms with E-state index in [2.05, 4.69) is 43.2 Å². The van der Waals surface area contributed by atoms with Crippen LogP contribution in [0.3, 0.4) is 0 Å². The Labute approximate surface area is 110 Å². The summed E-state index contributed by atoms with van der Waals surface area (Å²) in [4.78, 5) is 14.4. The van der Waals surface area contributed by atoms with Gasteiger partial charge in [0.1, 0.15) is 6.04 Å². The normalized spacial score (nSPS) is 43.1. The molecule has 17 heavy (non-hydrogen) atoms. The first-order chi connectivity index (χ1) is 7.83. The summed E-state index contributed by atoms with van der Waals surface area (Å²) in [5, 5.41) is 6.69. The first kappa shape index (κ1) is 12.1. The van der Waals surface area contributed by atoms with E-state index in [4.69, 9.17) is 0 Å². The van der Waals surface area contributed by atoms with E-state index in [1.807, 2.05) is 21.6 Å². The molecule has 0 aromatic carbocycles. The average molecular weight is 273 g/mol. The number of carbonyl (C=O) groups excluding carboxylic acids is 1. The zero-order valence-corrected chi connectivity index (χ0v) is 12.2. The maximum Gasteiger partial charge on any atom is 0.240 e. The van der Waals surface area contributed by atoms with Crippen LogP contribution in [0.25, 0.3) is 0 Å². The molecule has 3 atom stereocenters. The van der Waals surface area contributed by atoms with Crippen LogP contribution in [0.5, 0.6) is 0 Å². The Bertz CT molecular complexity index is 372. The van der Waals surface area contributed by atoms with Gasteiger partial charge in [0.25, 0.3) is 0 Å². The standard InChI is InChI=1S/C11H19N3OS2/c1-10(2)8-12-5-6-7(15)13-9(14(6)8)11(3,4)17-16-10/h6,8-9,12H,5H2,1-4H3,(H,13,15). The Balaban J connectivity index is 2.04. The quantitative estimate of drug-likeness (QED) is 0.645. The highest BCUT2D eigenvalue weighted by Gasteiger charge is 2.58. The van der Waals surface area contributed by atoms with E-state index in [-0.39, 0.29) is 33.8 Å². The molecule has 0 spiro atoms. The fourth-order valence-corrected chi connectivity index (χ4v) is 5.75. The zero-order valence-electron chi connectivity index (χ0n) is 10.6. The molecule has 0 saturated carbocycles. The molecule has 3 heterocycles. The second kappa shape index (κ2) is 3.56. The van der Waals surface area contributed by atoms with Crippen LogP contribution in [0.2, 0.25) is 0 Å². The van der Waals surface area contributed by atoms with E-state index in [1.54, 1.807) is 0 Å². The van der Waals surface area contributed by atoms with Gasteiger partial charge in [-0.2, -0.15) is 0 Å². The average Bonchev–Trinajstić information content (AvgIpc) is 2.75. The summed E-state index contributed by atoms with van der Waals surface area (Å²) in [6.45, 7) is 9.72. The first-order valence-electron chi connectivity index (χ1n) is 6.01. The molecule has 6 heteroatoms. The molecule has 3 aliphatic rings. The van der Waals surface area contributed by atoms with Crippen LogP contribution >= 0.6 is 21.6 Å². The maximum absolute atomic E-state index is 12.0. The number of nitrogens with one attached hydrogen (secondary N) is 2. The van der Waals surface area contributed by atoms with Crippen molar-refractivity contribution in [3.05, 3.63) is 0 Å². The molecule has 0 aromatic heterocycles. The minimum atomic E-state index is 0.0165. The molecule has 0 radical (unpaired) electrons. The number of hydrogen-bond donors (Lipinski definition) is 2. The molecule has 3 unspecified atom stereocenters. The summed E-state index contributed by atoms with van der Waals surface area (Å²) in [5.41, 5.74) is 0. The number of hydrogen-bond acceptors (Lipinski definition) is 5. The lowest BCUT2D eigenvalue weighted by atomic mass is 10.1. The fraction of sp³-hybridized carbons (Fsp3) is 0.909. The van der Waals surface area contributed by atoms with Crippen molar-refractivity contribution in [2.45, 2.75) is 55.6 Å². The van der Waals surface area contributed by atoms with Crippen molar-refractivity contribution in [2.75, 3.05) is 6.54 Å². The number of carbonyl (C=O) groups is 1. The largest absolute Gasteiger partial charge is 0.338 e. The van der Waals surface area contributed by atoms with Gasteiger partial charge in [-0.25, -0.2) is 0 Å². The van der Waals surface area contributed by atoms with Gasteiger partial charge in [-0.1, -0.05) is 21.6 Å². The number of nitrogens with zero attached hydrogens (tertiary/aromatic N) is 1. The van der Waals surface area contributed by atoms with Gasteiger partial charge < -0.3 is 5.32 Å². The van der Waals surface area contributed by atoms with Crippen LogP contribution < -0.4 is 10.6 Å². The number of amides is 1. The zero-order chi connectivity index (χ0) is 12.4. The fourth-order valence-electron chi connectivity index (χ4n) is 2.92. The minimum Gasteiger partial charge on any atom is -0.338 e. The Morgan fingerprint density at radius 3 is 2.41 bits per heavy atom. The van der Waals surface area contributed by atoms with Crippen LogP contribution in [-0.4, -0.2) is 45.2 Å². The predicted octanol–water partition coefficient (Wildman–Crippen LogP) is 0.994. The molecule has 1 amide bonds. The van der Waals surface area contributed by atoms with Gasteiger partial charge in [0.2, 0.25) is 5.91 Å². The summed E-state index contributed by atoms with van der Waals surface area (Å²) in [7, 11) is 3.81. The van der Waals surface area contributed by atoms with Gasteiger partial charge in [0, 0.05) is 11.3 Å². The van der Waals surface area contributed by atoms with Crippen LogP contribution in [0.4, 0.5) is 0 Å². The van der Waals surface area contributed by atoms with Gasteiger partial charge in [-0.05, 0) is 27.7 Å². The third-order valence-electron chi connectivity index (χ3n) is 3.83. The summed E-state index contributed by atoms with van der Waals surface area (Å²) in [5.74, 6) is 0.182. The van der Waals surface area contributed by atoms with Gasteiger partial charge in [-0.15, -0.1) is 0 Å². The van der Waals surface area contributed by atoms with Crippen molar-refractivity contribution in [1.82, 2.24) is 15.5 Å². The Kier molecular flexibility index (Phi) is 2.54. The smallest absolute Gasteiger partial charge is 0.240 e. The van der Waals surface area contributed by atoms with Crippen molar-refractivity contribution in [3.63, 3.8) is 0 Å². The Morgan fingerprint density at radius 2 is 1.76 bits per heavy atom. The molecular formula is C11H19N3OS2. The van der Waals surface area contributed by atoms with Gasteiger partial charge in [0.05, 0.1) is 17.1 Å². The Morgan fingerprint density at radius 1 is 1.18 bits per heavy atom.